The van der Waals surface area contributed by atoms with Gasteiger partial charge in [0.25, 0.3) is 5.91 Å². The molecule has 0 aliphatic rings. The number of nitrogens with one attached hydrogen (secondary N) is 1. The molecule has 142 valence electrons. The van der Waals surface area contributed by atoms with Crippen molar-refractivity contribution in [3.63, 3.8) is 0 Å². The summed E-state index contributed by atoms with van der Waals surface area (Å²) in [4.78, 5) is 37.2. The van der Waals surface area contributed by atoms with E-state index in [4.69, 9.17) is 11.6 Å². The van der Waals surface area contributed by atoms with Gasteiger partial charge in [-0.15, -0.1) is 0 Å². The van der Waals surface area contributed by atoms with E-state index in [1.54, 1.807) is 18.2 Å². The first-order valence-corrected chi connectivity index (χ1v) is 8.41. The minimum atomic E-state index is -0.728. The maximum atomic E-state index is 13.8. The minimum Gasteiger partial charge on any atom is -0.465 e. The zero-order chi connectivity index (χ0) is 20.0. The van der Waals surface area contributed by atoms with Gasteiger partial charge in [0.2, 0.25) is 5.91 Å². The van der Waals surface area contributed by atoms with Gasteiger partial charge in [-0.3, -0.25) is 9.59 Å². The lowest BCUT2D eigenvalue weighted by molar-refractivity contribution is -0.116. The van der Waals surface area contributed by atoms with E-state index in [9.17, 15) is 18.8 Å². The summed E-state index contributed by atoms with van der Waals surface area (Å²) >= 11 is 5.86. The SMILES string of the molecule is COC(=O)c1cccc(N(CCNC(=O)c2c(F)cccc2Cl)C(C)=O)c1. The summed E-state index contributed by atoms with van der Waals surface area (Å²) in [5.41, 5.74) is 0.522. The molecule has 0 spiro atoms. The average molecular weight is 393 g/mol. The van der Waals surface area contributed by atoms with Gasteiger partial charge in [-0.05, 0) is 30.3 Å². The first-order valence-electron chi connectivity index (χ1n) is 8.04. The molecular weight excluding hydrogens is 375 g/mol. The second-order valence-corrected chi connectivity index (χ2v) is 5.97. The summed E-state index contributed by atoms with van der Waals surface area (Å²) in [6.45, 7) is 1.55. The average Bonchev–Trinajstić information content (AvgIpc) is 2.64. The number of anilines is 1. The van der Waals surface area contributed by atoms with Gasteiger partial charge in [-0.1, -0.05) is 23.7 Å². The first kappa shape index (κ1) is 20.4. The quantitative estimate of drug-likeness (QED) is 0.767. The maximum Gasteiger partial charge on any atom is 0.337 e. The first-order chi connectivity index (χ1) is 12.8. The van der Waals surface area contributed by atoms with Crippen molar-refractivity contribution >= 4 is 35.1 Å². The van der Waals surface area contributed by atoms with Gasteiger partial charge in [0, 0.05) is 25.7 Å². The van der Waals surface area contributed by atoms with E-state index in [0.717, 1.165) is 6.07 Å². The molecule has 0 unspecified atom stereocenters. The number of halogens is 2. The standard InChI is InChI=1S/C19H18ClFN2O4/c1-12(24)23(14-6-3-5-13(11-14)19(26)27-2)10-9-22-18(25)17-15(20)7-4-8-16(17)21/h3-8,11H,9-10H2,1-2H3,(H,22,25). The Bertz CT molecular complexity index is 852. The van der Waals surface area contributed by atoms with Crippen LogP contribution in [0.3, 0.4) is 0 Å². The van der Waals surface area contributed by atoms with Crippen LogP contribution < -0.4 is 10.2 Å². The molecule has 27 heavy (non-hydrogen) atoms. The molecule has 0 atom stereocenters. The Labute approximate surface area is 160 Å². The summed E-state index contributed by atoms with van der Waals surface area (Å²) in [5, 5.41) is 2.54. The van der Waals surface area contributed by atoms with E-state index in [1.807, 2.05) is 0 Å². The molecule has 0 saturated carbocycles. The van der Waals surface area contributed by atoms with Gasteiger partial charge in [0.1, 0.15) is 5.82 Å². The van der Waals surface area contributed by atoms with Crippen molar-refractivity contribution in [3.05, 3.63) is 64.4 Å². The van der Waals surface area contributed by atoms with Crippen molar-refractivity contribution in [2.45, 2.75) is 6.92 Å². The minimum absolute atomic E-state index is 0.00158. The van der Waals surface area contributed by atoms with Crippen molar-refractivity contribution < 1.29 is 23.5 Å². The van der Waals surface area contributed by atoms with E-state index in [1.165, 1.54) is 37.1 Å². The topological polar surface area (TPSA) is 75.7 Å². The maximum absolute atomic E-state index is 13.8. The third-order valence-corrected chi connectivity index (χ3v) is 4.08. The Hall–Kier alpha value is -2.93. The monoisotopic (exact) mass is 392 g/mol. The van der Waals surface area contributed by atoms with Gasteiger partial charge >= 0.3 is 5.97 Å². The number of nitrogens with zero attached hydrogens (tertiary/aromatic N) is 1. The third kappa shape index (κ3) is 5.04. The second kappa shape index (κ2) is 9.14. The fraction of sp³-hybridized carbons (Fsp3) is 0.211. The number of hydrogen-bond acceptors (Lipinski definition) is 4. The lowest BCUT2D eigenvalue weighted by Crippen LogP contribution is -2.38. The van der Waals surface area contributed by atoms with Crippen LogP contribution in [0.25, 0.3) is 0 Å². The zero-order valence-electron chi connectivity index (χ0n) is 14.8. The molecule has 0 aliphatic heterocycles. The van der Waals surface area contributed by atoms with Crippen molar-refractivity contribution in [2.24, 2.45) is 0 Å². The molecular formula is C19H18ClFN2O4. The number of rotatable bonds is 6. The van der Waals surface area contributed by atoms with Crippen LogP contribution in [0.2, 0.25) is 5.02 Å². The Morgan fingerprint density at radius 2 is 1.89 bits per heavy atom. The molecule has 2 aromatic carbocycles. The van der Waals surface area contributed by atoms with Gasteiger partial charge in [-0.2, -0.15) is 0 Å². The Morgan fingerprint density at radius 1 is 1.19 bits per heavy atom. The summed E-state index contributed by atoms with van der Waals surface area (Å²) in [6, 6.07) is 10.3. The summed E-state index contributed by atoms with van der Waals surface area (Å²) in [6.07, 6.45) is 0. The third-order valence-electron chi connectivity index (χ3n) is 3.77. The van der Waals surface area contributed by atoms with E-state index < -0.39 is 17.7 Å². The van der Waals surface area contributed by atoms with Crippen LogP contribution in [0.4, 0.5) is 10.1 Å². The van der Waals surface area contributed by atoms with Crippen molar-refractivity contribution in [3.8, 4) is 0 Å². The molecule has 2 aromatic rings. The van der Waals surface area contributed by atoms with Crippen LogP contribution in [0, 0.1) is 5.82 Å². The number of benzene rings is 2. The molecule has 0 aliphatic carbocycles. The molecule has 2 rings (SSSR count). The Kier molecular flexibility index (Phi) is 6.90. The number of carbonyl (C=O) groups is 3. The highest BCUT2D eigenvalue weighted by atomic mass is 35.5. The lowest BCUT2D eigenvalue weighted by atomic mass is 10.2. The molecule has 0 aromatic heterocycles. The predicted octanol–water partition coefficient (Wildman–Crippen LogP) is 3.05. The van der Waals surface area contributed by atoms with E-state index in [0.29, 0.717) is 11.3 Å². The summed E-state index contributed by atoms with van der Waals surface area (Å²) in [7, 11) is 1.27. The molecule has 1 N–H and O–H groups in total. The fourth-order valence-electron chi connectivity index (χ4n) is 2.47. The lowest BCUT2D eigenvalue weighted by Gasteiger charge is -2.22. The zero-order valence-corrected chi connectivity index (χ0v) is 15.5. The summed E-state index contributed by atoms with van der Waals surface area (Å²) < 4.78 is 18.4. The number of carbonyl (C=O) groups excluding carboxylic acids is 3. The normalized spacial score (nSPS) is 10.2. The van der Waals surface area contributed by atoms with Crippen LogP contribution in [0.15, 0.2) is 42.5 Å². The molecule has 2 amide bonds. The number of ether oxygens (including phenoxy) is 1. The smallest absolute Gasteiger partial charge is 0.337 e. The van der Waals surface area contributed by atoms with Crippen LogP contribution in [-0.2, 0) is 9.53 Å². The highest BCUT2D eigenvalue weighted by Gasteiger charge is 2.17. The largest absolute Gasteiger partial charge is 0.465 e. The molecule has 0 saturated heterocycles. The molecule has 0 radical (unpaired) electrons. The Morgan fingerprint density at radius 3 is 2.52 bits per heavy atom. The number of esters is 1. The van der Waals surface area contributed by atoms with E-state index >= 15 is 0 Å². The van der Waals surface area contributed by atoms with Gasteiger partial charge in [0.05, 0.1) is 23.3 Å². The highest BCUT2D eigenvalue weighted by molar-refractivity contribution is 6.33. The van der Waals surface area contributed by atoms with Crippen LogP contribution in [-0.4, -0.2) is 38.0 Å². The molecule has 0 heterocycles. The predicted molar refractivity (Wildman–Crippen MR) is 99.6 cm³/mol. The van der Waals surface area contributed by atoms with Crippen LogP contribution in [0.1, 0.15) is 27.6 Å². The van der Waals surface area contributed by atoms with Gasteiger partial charge in [-0.25, -0.2) is 9.18 Å². The van der Waals surface area contributed by atoms with Gasteiger partial charge < -0.3 is 15.0 Å². The van der Waals surface area contributed by atoms with E-state index in [2.05, 4.69) is 10.1 Å². The molecule has 8 heteroatoms. The second-order valence-electron chi connectivity index (χ2n) is 5.57. The summed E-state index contributed by atoms with van der Waals surface area (Å²) in [5.74, 6) is -2.21. The highest BCUT2D eigenvalue weighted by Crippen LogP contribution is 2.19. The van der Waals surface area contributed by atoms with Crippen molar-refractivity contribution in [1.29, 1.82) is 0 Å². The van der Waals surface area contributed by atoms with Crippen molar-refractivity contribution in [2.75, 3.05) is 25.1 Å². The molecule has 6 nitrogen and oxygen atoms in total. The molecule has 0 fully saturated rings. The number of amides is 2. The van der Waals surface area contributed by atoms with Crippen LogP contribution >= 0.6 is 11.6 Å². The fourth-order valence-corrected chi connectivity index (χ4v) is 2.72. The van der Waals surface area contributed by atoms with E-state index in [-0.39, 0.29) is 29.6 Å². The van der Waals surface area contributed by atoms with Crippen LogP contribution in [0.5, 0.6) is 0 Å². The number of hydrogen-bond donors (Lipinski definition) is 1. The van der Waals surface area contributed by atoms with Crippen molar-refractivity contribution in [1.82, 2.24) is 5.32 Å². The van der Waals surface area contributed by atoms with Gasteiger partial charge in [0.15, 0.2) is 0 Å². The molecule has 0 bridgehead atoms. The Balaban J connectivity index is 2.09. The number of methoxy groups -OCH3 is 1.